The summed E-state index contributed by atoms with van der Waals surface area (Å²) < 4.78 is 0. The zero-order chi connectivity index (χ0) is 9.83. The average Bonchev–Trinajstić information content (AvgIpc) is 1.76. The molecular formula is C10H24N2. The van der Waals surface area contributed by atoms with Gasteiger partial charge in [-0.25, -0.2) is 0 Å². The second-order valence-electron chi connectivity index (χ2n) is 5.48. The molecule has 0 aromatic carbocycles. The van der Waals surface area contributed by atoms with Gasteiger partial charge in [0.15, 0.2) is 0 Å². The molecule has 0 aliphatic heterocycles. The molecule has 74 valence electrons. The maximum Gasteiger partial charge on any atom is 0.0109 e. The van der Waals surface area contributed by atoms with Gasteiger partial charge >= 0.3 is 0 Å². The Balaban J connectivity index is 3.35. The Kier molecular flexibility index (Phi) is 4.21. The van der Waals surface area contributed by atoms with E-state index in [0.29, 0.717) is 5.41 Å². The van der Waals surface area contributed by atoms with Crippen molar-refractivity contribution in [1.82, 2.24) is 5.32 Å². The smallest absolute Gasteiger partial charge is 0.0109 e. The molecule has 0 aromatic rings. The fraction of sp³-hybridized carbons (Fsp3) is 1.00. The first-order valence-corrected chi connectivity index (χ1v) is 4.70. The van der Waals surface area contributed by atoms with Crippen LogP contribution in [0.3, 0.4) is 0 Å². The van der Waals surface area contributed by atoms with E-state index < -0.39 is 0 Å². The predicted molar refractivity (Wildman–Crippen MR) is 55.2 cm³/mol. The molecule has 2 heteroatoms. The minimum Gasteiger partial charge on any atom is -0.326 e. The Morgan fingerprint density at radius 2 is 1.58 bits per heavy atom. The molecule has 0 aliphatic rings. The molecular weight excluding hydrogens is 148 g/mol. The van der Waals surface area contributed by atoms with Crippen molar-refractivity contribution in [1.29, 1.82) is 0 Å². The molecule has 0 atom stereocenters. The maximum atomic E-state index is 5.85. The highest BCUT2D eigenvalue weighted by Gasteiger charge is 2.12. The normalized spacial score (nSPS) is 13.5. The van der Waals surface area contributed by atoms with Gasteiger partial charge < -0.3 is 11.1 Å². The van der Waals surface area contributed by atoms with Gasteiger partial charge in [-0.3, -0.25) is 0 Å². The Labute approximate surface area is 76.9 Å². The number of hydrogen-bond acceptors (Lipinski definition) is 2. The van der Waals surface area contributed by atoms with Gasteiger partial charge in [-0.2, -0.15) is 0 Å². The van der Waals surface area contributed by atoms with Crippen LogP contribution in [-0.2, 0) is 0 Å². The van der Waals surface area contributed by atoms with Crippen molar-refractivity contribution >= 4 is 0 Å². The third kappa shape index (κ3) is 9.92. The van der Waals surface area contributed by atoms with Crippen molar-refractivity contribution in [3.8, 4) is 0 Å². The topological polar surface area (TPSA) is 38.0 Å². The predicted octanol–water partition coefficient (Wildman–Crippen LogP) is 1.75. The minimum absolute atomic E-state index is 0.0368. The second kappa shape index (κ2) is 4.24. The summed E-state index contributed by atoms with van der Waals surface area (Å²) in [7, 11) is 0. The number of hydrogen-bond donors (Lipinski definition) is 2. The fourth-order valence-electron chi connectivity index (χ4n) is 0.874. The number of rotatable bonds is 4. The van der Waals surface area contributed by atoms with Crippen molar-refractivity contribution in [3.63, 3.8) is 0 Å². The summed E-state index contributed by atoms with van der Waals surface area (Å²) in [6.45, 7) is 12.9. The van der Waals surface area contributed by atoms with Gasteiger partial charge in [-0.1, -0.05) is 20.8 Å². The lowest BCUT2D eigenvalue weighted by Gasteiger charge is -2.22. The van der Waals surface area contributed by atoms with E-state index in [-0.39, 0.29) is 5.54 Å². The Morgan fingerprint density at radius 3 is 1.92 bits per heavy atom. The van der Waals surface area contributed by atoms with Gasteiger partial charge in [0.25, 0.3) is 0 Å². The summed E-state index contributed by atoms with van der Waals surface area (Å²) in [6.07, 6.45) is 1.03. The summed E-state index contributed by atoms with van der Waals surface area (Å²) in [6, 6.07) is 0. The second-order valence-corrected chi connectivity index (χ2v) is 5.48. The third-order valence-electron chi connectivity index (χ3n) is 1.60. The monoisotopic (exact) mass is 172 g/mol. The zero-order valence-corrected chi connectivity index (χ0v) is 9.20. The van der Waals surface area contributed by atoms with E-state index in [0.717, 1.165) is 19.5 Å². The highest BCUT2D eigenvalue weighted by Crippen LogP contribution is 2.10. The molecule has 0 unspecified atom stereocenters. The lowest BCUT2D eigenvalue weighted by atomic mass is 9.96. The van der Waals surface area contributed by atoms with Gasteiger partial charge in [-0.05, 0) is 38.8 Å². The molecule has 12 heavy (non-hydrogen) atoms. The summed E-state index contributed by atoms with van der Waals surface area (Å²) in [4.78, 5) is 0. The van der Waals surface area contributed by atoms with E-state index >= 15 is 0 Å². The van der Waals surface area contributed by atoms with Crippen LogP contribution in [0, 0.1) is 5.41 Å². The molecule has 0 rings (SSSR count). The standard InChI is InChI=1S/C10H24N2/c1-9(2,3)8-12-7-6-10(4,5)11/h12H,6-8,11H2,1-5H3. The molecule has 0 saturated heterocycles. The zero-order valence-electron chi connectivity index (χ0n) is 9.20. The Morgan fingerprint density at radius 1 is 1.08 bits per heavy atom. The highest BCUT2D eigenvalue weighted by molar-refractivity contribution is 4.73. The lowest BCUT2D eigenvalue weighted by Crippen LogP contribution is -2.37. The van der Waals surface area contributed by atoms with E-state index in [2.05, 4.69) is 39.9 Å². The lowest BCUT2D eigenvalue weighted by molar-refractivity contribution is 0.363. The van der Waals surface area contributed by atoms with Crippen LogP contribution in [0.25, 0.3) is 0 Å². The first-order valence-electron chi connectivity index (χ1n) is 4.70. The SMILES string of the molecule is CC(C)(C)CNCCC(C)(C)N. The first kappa shape index (κ1) is 11.9. The minimum atomic E-state index is -0.0368. The molecule has 2 nitrogen and oxygen atoms in total. The van der Waals surface area contributed by atoms with Crippen LogP contribution < -0.4 is 11.1 Å². The Bertz CT molecular complexity index is 101. The first-order chi connectivity index (χ1) is 5.21. The van der Waals surface area contributed by atoms with Crippen molar-refractivity contribution in [2.75, 3.05) is 13.1 Å². The molecule has 0 saturated carbocycles. The van der Waals surface area contributed by atoms with Crippen LogP contribution in [0.1, 0.15) is 41.0 Å². The summed E-state index contributed by atoms with van der Waals surface area (Å²) >= 11 is 0. The van der Waals surface area contributed by atoms with Crippen molar-refractivity contribution in [3.05, 3.63) is 0 Å². The van der Waals surface area contributed by atoms with Crippen LogP contribution in [0.15, 0.2) is 0 Å². The van der Waals surface area contributed by atoms with E-state index in [9.17, 15) is 0 Å². The largest absolute Gasteiger partial charge is 0.326 e. The summed E-state index contributed by atoms with van der Waals surface area (Å²) in [5.74, 6) is 0. The van der Waals surface area contributed by atoms with Crippen LogP contribution in [0.2, 0.25) is 0 Å². The molecule has 0 bridgehead atoms. The Hall–Kier alpha value is -0.0800. The molecule has 0 heterocycles. The van der Waals surface area contributed by atoms with E-state index in [1.807, 2.05) is 0 Å². The molecule has 0 radical (unpaired) electrons. The van der Waals surface area contributed by atoms with E-state index in [4.69, 9.17) is 5.73 Å². The van der Waals surface area contributed by atoms with Gasteiger partial charge in [0.1, 0.15) is 0 Å². The van der Waals surface area contributed by atoms with Crippen LogP contribution in [0.5, 0.6) is 0 Å². The molecule has 3 N–H and O–H groups in total. The van der Waals surface area contributed by atoms with Gasteiger partial charge in [-0.15, -0.1) is 0 Å². The van der Waals surface area contributed by atoms with Crippen LogP contribution in [-0.4, -0.2) is 18.6 Å². The molecule has 0 spiro atoms. The van der Waals surface area contributed by atoms with Crippen molar-refractivity contribution < 1.29 is 0 Å². The highest BCUT2D eigenvalue weighted by atomic mass is 14.9. The maximum absolute atomic E-state index is 5.85. The quantitative estimate of drug-likeness (QED) is 0.634. The van der Waals surface area contributed by atoms with Gasteiger partial charge in [0.2, 0.25) is 0 Å². The van der Waals surface area contributed by atoms with Crippen molar-refractivity contribution in [2.24, 2.45) is 11.1 Å². The molecule has 0 aromatic heterocycles. The summed E-state index contributed by atoms with van der Waals surface area (Å²) in [5, 5.41) is 3.40. The van der Waals surface area contributed by atoms with Gasteiger partial charge in [0, 0.05) is 5.54 Å². The van der Waals surface area contributed by atoms with E-state index in [1.54, 1.807) is 0 Å². The summed E-state index contributed by atoms with van der Waals surface area (Å²) in [5.41, 5.74) is 6.18. The van der Waals surface area contributed by atoms with Crippen molar-refractivity contribution in [2.45, 2.75) is 46.6 Å². The number of nitrogens with one attached hydrogen (secondary N) is 1. The van der Waals surface area contributed by atoms with E-state index in [1.165, 1.54) is 0 Å². The number of nitrogens with two attached hydrogens (primary N) is 1. The van der Waals surface area contributed by atoms with Crippen LogP contribution in [0.4, 0.5) is 0 Å². The fourth-order valence-corrected chi connectivity index (χ4v) is 0.874. The average molecular weight is 172 g/mol. The van der Waals surface area contributed by atoms with Crippen LogP contribution >= 0.6 is 0 Å². The molecule has 0 aliphatic carbocycles. The molecule has 0 amide bonds. The third-order valence-corrected chi connectivity index (χ3v) is 1.60. The van der Waals surface area contributed by atoms with Gasteiger partial charge in [0.05, 0.1) is 0 Å². The molecule has 0 fully saturated rings.